The van der Waals surface area contributed by atoms with Gasteiger partial charge in [0, 0.05) is 30.8 Å². The van der Waals surface area contributed by atoms with Crippen LogP contribution in [0, 0.1) is 29.6 Å². The standard InChI is InChI=1S/C25H28F3N5O4/c26-25(27,28)24-31-21(32-37-24)15-1-2-19(29-10-15)22(34)30-11-18-12-36-4-3-33(18)23(35)20-16-6-13-5-14(8-16)9-17(20)7-13/h1-2,10,13-14,16-18,20H,3-9,11-12H2,(H,30,34)/t13?,14?,16?,17?,18-,20?/m0/s1. The van der Waals surface area contributed by atoms with Crippen molar-refractivity contribution in [3.05, 3.63) is 29.9 Å². The van der Waals surface area contributed by atoms with Gasteiger partial charge in [0.25, 0.3) is 5.91 Å². The third-order valence-electron chi connectivity index (χ3n) is 8.44. The molecular weight excluding hydrogens is 491 g/mol. The minimum absolute atomic E-state index is 0.0823. The molecule has 3 heterocycles. The van der Waals surface area contributed by atoms with E-state index < -0.39 is 18.0 Å². The van der Waals surface area contributed by atoms with Crippen LogP contribution in [0.3, 0.4) is 0 Å². The third-order valence-corrected chi connectivity index (χ3v) is 8.44. The van der Waals surface area contributed by atoms with Crippen LogP contribution in [-0.4, -0.2) is 64.2 Å². The highest BCUT2D eigenvalue weighted by Gasteiger charge is 2.52. The van der Waals surface area contributed by atoms with Crippen LogP contribution in [0.1, 0.15) is 48.5 Å². The first-order valence-corrected chi connectivity index (χ1v) is 12.8. The van der Waals surface area contributed by atoms with E-state index in [0.717, 1.165) is 37.5 Å². The number of nitrogens with zero attached hydrogens (tertiary/aromatic N) is 4. The predicted octanol–water partition coefficient (Wildman–Crippen LogP) is 3.18. The molecule has 5 fully saturated rings. The molecule has 7 rings (SSSR count). The second kappa shape index (κ2) is 9.38. The van der Waals surface area contributed by atoms with E-state index >= 15 is 0 Å². The zero-order valence-electron chi connectivity index (χ0n) is 20.1. The molecule has 37 heavy (non-hydrogen) atoms. The van der Waals surface area contributed by atoms with Crippen LogP contribution in [0.4, 0.5) is 13.2 Å². The third kappa shape index (κ3) is 4.71. The van der Waals surface area contributed by atoms with Gasteiger partial charge in [0.05, 0.1) is 19.3 Å². The number of halogens is 3. The summed E-state index contributed by atoms with van der Waals surface area (Å²) >= 11 is 0. The van der Waals surface area contributed by atoms with E-state index in [1.165, 1.54) is 24.8 Å². The lowest BCUT2D eigenvalue weighted by Gasteiger charge is -2.55. The van der Waals surface area contributed by atoms with Crippen molar-refractivity contribution < 1.29 is 32.0 Å². The number of alkyl halides is 3. The number of morpholine rings is 1. The maximum absolute atomic E-state index is 13.7. The summed E-state index contributed by atoms with van der Waals surface area (Å²) in [7, 11) is 0. The van der Waals surface area contributed by atoms with E-state index in [1.54, 1.807) is 0 Å². The van der Waals surface area contributed by atoms with Crippen molar-refractivity contribution in [3.8, 4) is 11.4 Å². The highest BCUT2D eigenvalue weighted by atomic mass is 19.4. The van der Waals surface area contributed by atoms with Gasteiger partial charge in [-0.1, -0.05) is 5.16 Å². The van der Waals surface area contributed by atoms with E-state index in [-0.39, 0.29) is 41.5 Å². The number of carbonyl (C=O) groups is 2. The highest BCUT2D eigenvalue weighted by Crippen LogP contribution is 2.57. The van der Waals surface area contributed by atoms with Crippen LogP contribution >= 0.6 is 0 Å². The van der Waals surface area contributed by atoms with E-state index in [2.05, 4.69) is 25.0 Å². The summed E-state index contributed by atoms with van der Waals surface area (Å²) in [5.74, 6) is 0.652. The van der Waals surface area contributed by atoms with Crippen molar-refractivity contribution in [2.45, 2.75) is 44.3 Å². The molecule has 4 bridgehead atoms. The van der Waals surface area contributed by atoms with E-state index in [1.807, 2.05) is 4.90 Å². The molecule has 5 aliphatic rings. The Kier molecular flexibility index (Phi) is 6.16. The van der Waals surface area contributed by atoms with Crippen molar-refractivity contribution in [1.29, 1.82) is 0 Å². The number of aromatic nitrogens is 3. The average molecular weight is 520 g/mol. The normalized spacial score (nSPS) is 30.9. The molecule has 1 saturated heterocycles. The van der Waals surface area contributed by atoms with Crippen LogP contribution in [0.15, 0.2) is 22.9 Å². The highest BCUT2D eigenvalue weighted by molar-refractivity contribution is 5.92. The van der Waals surface area contributed by atoms with Crippen molar-refractivity contribution in [3.63, 3.8) is 0 Å². The van der Waals surface area contributed by atoms with Gasteiger partial charge in [-0.05, 0) is 67.9 Å². The van der Waals surface area contributed by atoms with Gasteiger partial charge in [0.1, 0.15) is 5.69 Å². The molecule has 4 aliphatic carbocycles. The van der Waals surface area contributed by atoms with Crippen LogP contribution in [0.25, 0.3) is 11.4 Å². The van der Waals surface area contributed by atoms with Crippen LogP contribution in [0.2, 0.25) is 0 Å². The Morgan fingerprint density at radius 3 is 2.43 bits per heavy atom. The summed E-state index contributed by atoms with van der Waals surface area (Å²) in [6.45, 7) is 1.57. The zero-order chi connectivity index (χ0) is 25.7. The molecule has 1 aliphatic heterocycles. The van der Waals surface area contributed by atoms with Gasteiger partial charge in [-0.25, -0.2) is 0 Å². The average Bonchev–Trinajstić information content (AvgIpc) is 3.38. The van der Waals surface area contributed by atoms with E-state index in [0.29, 0.717) is 31.6 Å². The summed E-state index contributed by atoms with van der Waals surface area (Å²) in [4.78, 5) is 35.7. The van der Waals surface area contributed by atoms with Crippen molar-refractivity contribution >= 4 is 11.8 Å². The van der Waals surface area contributed by atoms with Gasteiger partial charge < -0.3 is 19.5 Å². The van der Waals surface area contributed by atoms with Gasteiger partial charge in [-0.2, -0.15) is 18.2 Å². The molecule has 1 atom stereocenters. The smallest absolute Gasteiger partial charge is 0.377 e. The molecule has 2 amide bonds. The number of rotatable bonds is 5. The Morgan fingerprint density at radius 2 is 1.81 bits per heavy atom. The Hall–Kier alpha value is -3.02. The fourth-order valence-corrected chi connectivity index (χ4v) is 7.05. The molecular formula is C25H28F3N5O4. The fraction of sp³-hybridized carbons (Fsp3) is 0.640. The van der Waals surface area contributed by atoms with Crippen molar-refractivity contribution in [2.24, 2.45) is 29.6 Å². The Labute approximate surface area is 211 Å². The number of nitrogens with one attached hydrogen (secondary N) is 1. The van der Waals surface area contributed by atoms with Crippen LogP contribution in [-0.2, 0) is 15.7 Å². The Morgan fingerprint density at radius 1 is 1.08 bits per heavy atom. The summed E-state index contributed by atoms with van der Waals surface area (Å²) in [5, 5.41) is 6.15. The number of ether oxygens (including phenoxy) is 1. The molecule has 12 heteroatoms. The lowest BCUT2D eigenvalue weighted by atomic mass is 9.51. The monoisotopic (exact) mass is 519 g/mol. The first kappa shape index (κ1) is 24.3. The van der Waals surface area contributed by atoms with Gasteiger partial charge in [0.2, 0.25) is 11.7 Å². The second-order valence-electron chi connectivity index (χ2n) is 10.8. The molecule has 2 aromatic heterocycles. The van der Waals surface area contributed by atoms with Crippen LogP contribution < -0.4 is 5.32 Å². The SMILES string of the molecule is O=C(NC[C@H]1COCCN1C(=O)C1C2CC3CC(C2)CC1C3)c1ccc(-c2noc(C(F)(F)F)n2)cn1. The number of amides is 2. The predicted molar refractivity (Wildman–Crippen MR) is 122 cm³/mol. The van der Waals surface area contributed by atoms with E-state index in [4.69, 9.17) is 4.74 Å². The molecule has 1 N–H and O–H groups in total. The van der Waals surface area contributed by atoms with Gasteiger partial charge in [-0.3, -0.25) is 14.6 Å². The molecule has 0 spiro atoms. The van der Waals surface area contributed by atoms with Crippen molar-refractivity contribution in [1.82, 2.24) is 25.3 Å². The second-order valence-corrected chi connectivity index (χ2v) is 10.8. The first-order chi connectivity index (χ1) is 17.8. The molecule has 0 radical (unpaired) electrons. The van der Waals surface area contributed by atoms with Gasteiger partial charge in [-0.15, -0.1) is 0 Å². The number of carbonyl (C=O) groups excluding carboxylic acids is 2. The molecule has 0 unspecified atom stereocenters. The van der Waals surface area contributed by atoms with Crippen LogP contribution in [0.5, 0.6) is 0 Å². The maximum Gasteiger partial charge on any atom is 0.471 e. The Balaban J connectivity index is 1.08. The molecule has 198 valence electrons. The first-order valence-electron chi connectivity index (χ1n) is 12.8. The molecule has 0 aromatic carbocycles. The summed E-state index contributed by atoms with van der Waals surface area (Å²) in [6, 6.07) is 2.52. The molecule has 9 nitrogen and oxygen atoms in total. The summed E-state index contributed by atoms with van der Waals surface area (Å²) in [5.41, 5.74) is 0.267. The Bertz CT molecular complexity index is 1140. The van der Waals surface area contributed by atoms with Gasteiger partial charge >= 0.3 is 12.1 Å². The number of hydrogen-bond acceptors (Lipinski definition) is 7. The van der Waals surface area contributed by atoms with E-state index in [9.17, 15) is 22.8 Å². The van der Waals surface area contributed by atoms with Crippen molar-refractivity contribution in [2.75, 3.05) is 26.3 Å². The van der Waals surface area contributed by atoms with Gasteiger partial charge in [0.15, 0.2) is 0 Å². The molecule has 2 aromatic rings. The largest absolute Gasteiger partial charge is 0.471 e. The number of pyridine rings is 1. The zero-order valence-corrected chi connectivity index (χ0v) is 20.1. The number of hydrogen-bond donors (Lipinski definition) is 1. The summed E-state index contributed by atoms with van der Waals surface area (Å²) < 4.78 is 47.9. The fourth-order valence-electron chi connectivity index (χ4n) is 7.05. The lowest BCUT2D eigenvalue weighted by Crippen LogP contribution is -2.59. The minimum atomic E-state index is -4.74. The molecule has 4 saturated carbocycles. The topological polar surface area (TPSA) is 110 Å². The maximum atomic E-state index is 13.7. The quantitative estimate of drug-likeness (QED) is 0.646. The minimum Gasteiger partial charge on any atom is -0.377 e. The summed E-state index contributed by atoms with van der Waals surface area (Å²) in [6.07, 6.45) is 2.46. The lowest BCUT2D eigenvalue weighted by molar-refractivity contribution is -0.159.